The molecule has 0 bridgehead atoms. The highest BCUT2D eigenvalue weighted by molar-refractivity contribution is 6.30. The van der Waals surface area contributed by atoms with E-state index < -0.39 is 0 Å². The number of ether oxygens (including phenoxy) is 1. The van der Waals surface area contributed by atoms with Crippen LogP contribution in [0, 0.1) is 0 Å². The average Bonchev–Trinajstić information content (AvgIpc) is 3.25. The van der Waals surface area contributed by atoms with Crippen LogP contribution >= 0.6 is 11.6 Å². The molecule has 0 aliphatic carbocycles. The highest BCUT2D eigenvalue weighted by Crippen LogP contribution is 2.25. The lowest BCUT2D eigenvalue weighted by Crippen LogP contribution is -2.37. The summed E-state index contributed by atoms with van der Waals surface area (Å²) in [5.41, 5.74) is 6.69. The minimum absolute atomic E-state index is 0.652. The van der Waals surface area contributed by atoms with Crippen molar-refractivity contribution in [3.63, 3.8) is 0 Å². The number of rotatable bonds is 5. The van der Waals surface area contributed by atoms with Crippen molar-refractivity contribution in [2.45, 2.75) is 0 Å². The summed E-state index contributed by atoms with van der Waals surface area (Å²) in [6, 6.07) is 21.6. The van der Waals surface area contributed by atoms with Crippen molar-refractivity contribution in [2.75, 3.05) is 36.6 Å². The van der Waals surface area contributed by atoms with Crippen molar-refractivity contribution in [1.82, 2.24) is 14.6 Å². The highest BCUT2D eigenvalue weighted by atomic mass is 35.5. The Hall–Kier alpha value is -3.42. The summed E-state index contributed by atoms with van der Waals surface area (Å²) in [5, 5.41) is 9.87. The van der Waals surface area contributed by atoms with E-state index in [1.165, 1.54) is 0 Å². The summed E-state index contributed by atoms with van der Waals surface area (Å²) in [6.07, 6.45) is 1.74. The molecule has 7 nitrogen and oxygen atoms in total. The first kappa shape index (κ1) is 19.5. The zero-order chi connectivity index (χ0) is 21.0. The van der Waals surface area contributed by atoms with E-state index in [2.05, 4.69) is 15.4 Å². The van der Waals surface area contributed by atoms with Crippen LogP contribution in [0.25, 0.3) is 16.9 Å². The number of morpholine rings is 1. The number of hydrazone groups is 1. The van der Waals surface area contributed by atoms with Crippen LogP contribution in [0.15, 0.2) is 71.8 Å². The molecule has 1 fully saturated rings. The molecule has 0 unspecified atom stereocenters. The smallest absolute Gasteiger partial charge is 0.160 e. The maximum Gasteiger partial charge on any atom is 0.160 e. The first-order valence-electron chi connectivity index (χ1n) is 10.1. The Morgan fingerprint density at radius 1 is 1.00 bits per heavy atom. The van der Waals surface area contributed by atoms with Crippen LogP contribution in [0.4, 0.5) is 11.6 Å². The maximum absolute atomic E-state index is 5.94. The second-order valence-electron chi connectivity index (χ2n) is 7.19. The number of fused-ring (bicyclic) bond motifs is 1. The van der Waals surface area contributed by atoms with Gasteiger partial charge in [-0.05, 0) is 17.7 Å². The van der Waals surface area contributed by atoms with E-state index in [1.54, 1.807) is 6.21 Å². The lowest BCUT2D eigenvalue weighted by atomic mass is 10.2. The number of nitrogens with one attached hydrogen (secondary N) is 1. The molecule has 1 aliphatic rings. The van der Waals surface area contributed by atoms with Gasteiger partial charge in [-0.15, -0.1) is 0 Å². The largest absolute Gasteiger partial charge is 0.378 e. The van der Waals surface area contributed by atoms with Crippen LogP contribution in [0.3, 0.4) is 0 Å². The molecular formula is C23H21ClN6O. The fourth-order valence-electron chi connectivity index (χ4n) is 3.51. The Morgan fingerprint density at radius 2 is 1.77 bits per heavy atom. The number of anilines is 2. The van der Waals surface area contributed by atoms with Gasteiger partial charge in [-0.1, -0.05) is 54.1 Å². The minimum atomic E-state index is 0.652. The zero-order valence-corrected chi connectivity index (χ0v) is 17.5. The molecular weight excluding hydrogens is 412 g/mol. The van der Waals surface area contributed by atoms with Crippen LogP contribution < -0.4 is 10.3 Å². The summed E-state index contributed by atoms with van der Waals surface area (Å²) in [4.78, 5) is 6.98. The van der Waals surface area contributed by atoms with Gasteiger partial charge < -0.3 is 9.64 Å². The molecule has 2 aromatic carbocycles. The van der Waals surface area contributed by atoms with E-state index >= 15 is 0 Å². The van der Waals surface area contributed by atoms with Crippen molar-refractivity contribution in [1.29, 1.82) is 0 Å². The Labute approximate surface area is 184 Å². The molecule has 31 heavy (non-hydrogen) atoms. The summed E-state index contributed by atoms with van der Waals surface area (Å²) in [7, 11) is 0. The summed E-state index contributed by atoms with van der Waals surface area (Å²) in [6.45, 7) is 2.97. The molecule has 4 aromatic rings. The standard InChI is InChI=1S/C23H21ClN6O/c24-19-8-6-17(7-9-19)16-25-27-21-15-23(29-10-12-31-13-11-29)30-22(26-21)14-20(28-30)18-4-2-1-3-5-18/h1-9,14-16H,10-13H2,(H,26,27). The van der Waals surface area contributed by atoms with Crippen molar-refractivity contribution in [3.8, 4) is 11.3 Å². The van der Waals surface area contributed by atoms with E-state index in [0.29, 0.717) is 24.1 Å². The molecule has 2 aromatic heterocycles. The molecule has 0 radical (unpaired) electrons. The van der Waals surface area contributed by atoms with Crippen LogP contribution in [-0.4, -0.2) is 47.1 Å². The Kier molecular flexibility index (Phi) is 5.52. The second-order valence-corrected chi connectivity index (χ2v) is 7.62. The van der Waals surface area contributed by atoms with Gasteiger partial charge in [0.15, 0.2) is 11.5 Å². The Balaban J connectivity index is 1.49. The molecule has 0 saturated carbocycles. The lowest BCUT2D eigenvalue weighted by Gasteiger charge is -2.29. The lowest BCUT2D eigenvalue weighted by molar-refractivity contribution is 0.122. The number of hydrogen-bond acceptors (Lipinski definition) is 6. The van der Waals surface area contributed by atoms with Gasteiger partial charge in [0.25, 0.3) is 0 Å². The molecule has 8 heteroatoms. The van der Waals surface area contributed by atoms with E-state index in [4.69, 9.17) is 26.4 Å². The maximum atomic E-state index is 5.94. The Morgan fingerprint density at radius 3 is 2.55 bits per heavy atom. The predicted octanol–water partition coefficient (Wildman–Crippen LogP) is 4.33. The first-order chi connectivity index (χ1) is 15.3. The average molecular weight is 433 g/mol. The van der Waals surface area contributed by atoms with Gasteiger partial charge >= 0.3 is 0 Å². The van der Waals surface area contributed by atoms with E-state index in [-0.39, 0.29) is 0 Å². The quantitative estimate of drug-likeness (QED) is 0.375. The van der Waals surface area contributed by atoms with Crippen molar-refractivity contribution in [2.24, 2.45) is 5.10 Å². The molecule has 5 rings (SSSR count). The van der Waals surface area contributed by atoms with Gasteiger partial charge in [0.2, 0.25) is 0 Å². The van der Waals surface area contributed by atoms with Crippen LogP contribution in [0.2, 0.25) is 5.02 Å². The molecule has 156 valence electrons. The highest BCUT2D eigenvalue weighted by Gasteiger charge is 2.18. The predicted molar refractivity (Wildman–Crippen MR) is 124 cm³/mol. The normalized spacial score (nSPS) is 14.4. The monoisotopic (exact) mass is 432 g/mol. The van der Waals surface area contributed by atoms with Crippen LogP contribution in [0.5, 0.6) is 0 Å². The zero-order valence-electron chi connectivity index (χ0n) is 16.8. The molecule has 1 saturated heterocycles. The summed E-state index contributed by atoms with van der Waals surface area (Å²) < 4.78 is 7.42. The van der Waals surface area contributed by atoms with Gasteiger partial charge in [-0.25, -0.2) is 4.98 Å². The van der Waals surface area contributed by atoms with Crippen molar-refractivity contribution in [3.05, 3.63) is 77.3 Å². The topological polar surface area (TPSA) is 67.0 Å². The van der Waals surface area contributed by atoms with Gasteiger partial charge in [-0.3, -0.25) is 5.43 Å². The number of aromatic nitrogens is 3. The molecule has 1 N–H and O–H groups in total. The fraction of sp³-hybridized carbons (Fsp3) is 0.174. The second kappa shape index (κ2) is 8.75. The van der Waals surface area contributed by atoms with Gasteiger partial charge in [0.1, 0.15) is 5.82 Å². The third-order valence-corrected chi connectivity index (χ3v) is 5.33. The van der Waals surface area contributed by atoms with E-state index in [0.717, 1.165) is 41.4 Å². The SMILES string of the molecule is Clc1ccc(C=NNc2cc(N3CCOCC3)n3nc(-c4ccccc4)cc3n2)cc1. The van der Waals surface area contributed by atoms with Crippen molar-refractivity contribution < 1.29 is 4.74 Å². The third-order valence-electron chi connectivity index (χ3n) is 5.08. The molecule has 0 spiro atoms. The van der Waals surface area contributed by atoms with Crippen molar-refractivity contribution >= 4 is 35.1 Å². The fourth-order valence-corrected chi connectivity index (χ4v) is 3.63. The van der Waals surface area contributed by atoms with E-state index in [1.807, 2.05) is 71.2 Å². The van der Waals surface area contributed by atoms with Gasteiger partial charge in [0, 0.05) is 35.8 Å². The molecule has 1 aliphatic heterocycles. The number of halogens is 1. The molecule has 0 amide bonds. The van der Waals surface area contributed by atoms with E-state index in [9.17, 15) is 0 Å². The summed E-state index contributed by atoms with van der Waals surface area (Å²) >= 11 is 5.94. The minimum Gasteiger partial charge on any atom is -0.378 e. The molecule has 3 heterocycles. The number of benzene rings is 2. The van der Waals surface area contributed by atoms with Gasteiger partial charge in [0.05, 0.1) is 25.1 Å². The van der Waals surface area contributed by atoms with Crippen LogP contribution in [0.1, 0.15) is 5.56 Å². The number of hydrogen-bond donors (Lipinski definition) is 1. The summed E-state index contributed by atoms with van der Waals surface area (Å²) in [5.74, 6) is 1.61. The Bertz CT molecular complexity index is 1200. The number of nitrogens with zero attached hydrogens (tertiary/aromatic N) is 5. The van der Waals surface area contributed by atoms with Gasteiger partial charge in [-0.2, -0.15) is 14.7 Å². The third kappa shape index (κ3) is 4.38. The van der Waals surface area contributed by atoms with Crippen LogP contribution in [-0.2, 0) is 4.74 Å². The first-order valence-corrected chi connectivity index (χ1v) is 10.5. The molecule has 0 atom stereocenters.